The molecule has 5 heteroatoms. The summed E-state index contributed by atoms with van der Waals surface area (Å²) in [5, 5.41) is 0. The second-order valence-electron chi connectivity index (χ2n) is 3.85. The molecule has 3 aromatic heterocycles. The van der Waals surface area contributed by atoms with E-state index in [-0.39, 0.29) is 5.89 Å². The van der Waals surface area contributed by atoms with E-state index in [9.17, 15) is 4.79 Å². The van der Waals surface area contributed by atoms with E-state index in [0.717, 1.165) is 5.56 Å². The minimum atomic E-state index is -0.444. The Balaban J connectivity index is 2.15. The zero-order valence-electron chi connectivity index (χ0n) is 9.85. The van der Waals surface area contributed by atoms with Gasteiger partial charge in [0.25, 0.3) is 0 Å². The Morgan fingerprint density at radius 2 is 1.79 bits per heavy atom. The van der Waals surface area contributed by atoms with E-state index in [1.165, 1.54) is 6.07 Å². The molecule has 19 heavy (non-hydrogen) atoms. The topological polar surface area (TPSA) is 68.9 Å². The second-order valence-corrected chi connectivity index (χ2v) is 3.85. The Hall–Kier alpha value is -2.82. The molecule has 0 fully saturated rings. The van der Waals surface area contributed by atoms with Crippen LogP contribution in [0.4, 0.5) is 0 Å². The molecule has 0 atom stereocenters. The molecule has 0 radical (unpaired) electrons. The Morgan fingerprint density at radius 1 is 0.947 bits per heavy atom. The predicted octanol–water partition coefficient (Wildman–Crippen LogP) is 2.16. The summed E-state index contributed by atoms with van der Waals surface area (Å²) in [4.78, 5) is 23.9. The minimum absolute atomic E-state index is 0.257. The van der Waals surface area contributed by atoms with E-state index in [4.69, 9.17) is 4.42 Å². The van der Waals surface area contributed by atoms with E-state index >= 15 is 0 Å². The summed E-state index contributed by atoms with van der Waals surface area (Å²) < 4.78 is 5.10. The smallest absolute Gasteiger partial charge is 0.339 e. The van der Waals surface area contributed by atoms with Gasteiger partial charge in [0, 0.05) is 30.4 Å². The first-order valence-corrected chi connectivity index (χ1v) is 5.66. The molecule has 0 spiro atoms. The lowest BCUT2D eigenvalue weighted by Gasteiger charge is -2.02. The number of aromatic nitrogens is 3. The van der Waals surface area contributed by atoms with Crippen molar-refractivity contribution in [3.63, 3.8) is 0 Å². The van der Waals surface area contributed by atoms with Gasteiger partial charge in [-0.1, -0.05) is 0 Å². The molecule has 3 heterocycles. The molecule has 0 saturated carbocycles. The maximum atomic E-state index is 11.6. The molecule has 0 bridgehead atoms. The third-order valence-electron chi connectivity index (χ3n) is 2.56. The van der Waals surface area contributed by atoms with Gasteiger partial charge in [0.05, 0.1) is 17.3 Å². The summed E-state index contributed by atoms with van der Waals surface area (Å²) >= 11 is 0. The van der Waals surface area contributed by atoms with Crippen LogP contribution in [0.25, 0.3) is 22.7 Å². The lowest BCUT2D eigenvalue weighted by molar-refractivity contribution is 0.508. The van der Waals surface area contributed by atoms with Crippen LogP contribution in [-0.4, -0.2) is 15.0 Å². The van der Waals surface area contributed by atoms with E-state index < -0.39 is 5.63 Å². The van der Waals surface area contributed by atoms with E-state index in [1.54, 1.807) is 49.1 Å². The Bertz CT molecular complexity index is 679. The van der Waals surface area contributed by atoms with Gasteiger partial charge in [-0.3, -0.25) is 9.97 Å². The highest BCUT2D eigenvalue weighted by molar-refractivity contribution is 5.61. The molecule has 3 rings (SSSR count). The van der Waals surface area contributed by atoms with Crippen molar-refractivity contribution in [2.45, 2.75) is 0 Å². The van der Waals surface area contributed by atoms with E-state index in [1.807, 2.05) is 0 Å². The summed E-state index contributed by atoms with van der Waals surface area (Å²) in [6.45, 7) is 0. The Kier molecular flexibility index (Phi) is 2.86. The van der Waals surface area contributed by atoms with Crippen LogP contribution in [0.15, 0.2) is 64.3 Å². The van der Waals surface area contributed by atoms with Crippen molar-refractivity contribution in [3.8, 4) is 22.7 Å². The molecule has 0 N–H and O–H groups in total. The molecule has 0 unspecified atom stereocenters. The van der Waals surface area contributed by atoms with Crippen LogP contribution in [0.2, 0.25) is 0 Å². The lowest BCUT2D eigenvalue weighted by atomic mass is 10.2. The SMILES string of the molecule is O=c1cc(-c2ccncc2)nc(-c2cccnc2)o1. The average molecular weight is 251 g/mol. The van der Waals surface area contributed by atoms with Gasteiger partial charge in [-0.2, -0.15) is 0 Å². The second kappa shape index (κ2) is 4.81. The first-order valence-electron chi connectivity index (χ1n) is 5.66. The largest absolute Gasteiger partial charge is 0.403 e. The summed E-state index contributed by atoms with van der Waals surface area (Å²) in [7, 11) is 0. The monoisotopic (exact) mass is 251 g/mol. The fraction of sp³-hybridized carbons (Fsp3) is 0. The number of hydrogen-bond acceptors (Lipinski definition) is 5. The number of hydrogen-bond donors (Lipinski definition) is 0. The highest BCUT2D eigenvalue weighted by Gasteiger charge is 2.07. The molecule has 0 amide bonds. The van der Waals surface area contributed by atoms with Crippen LogP contribution in [0.5, 0.6) is 0 Å². The van der Waals surface area contributed by atoms with Crippen molar-refractivity contribution < 1.29 is 4.42 Å². The summed E-state index contributed by atoms with van der Waals surface area (Å²) in [6.07, 6.45) is 6.54. The van der Waals surface area contributed by atoms with Gasteiger partial charge in [-0.05, 0) is 24.3 Å². The summed E-state index contributed by atoms with van der Waals surface area (Å²) in [5.41, 5.74) is 1.58. The van der Waals surface area contributed by atoms with Crippen LogP contribution in [0, 0.1) is 0 Å². The van der Waals surface area contributed by atoms with Gasteiger partial charge in [0.1, 0.15) is 0 Å². The highest BCUT2D eigenvalue weighted by atomic mass is 16.4. The number of pyridine rings is 2. The van der Waals surface area contributed by atoms with Gasteiger partial charge < -0.3 is 4.42 Å². The molecule has 5 nitrogen and oxygen atoms in total. The molecule has 92 valence electrons. The standard InChI is InChI=1S/C14H9N3O2/c18-13-8-12(10-3-6-15-7-4-10)17-14(19-13)11-2-1-5-16-9-11/h1-9H. The van der Waals surface area contributed by atoms with E-state index in [0.29, 0.717) is 11.3 Å². The van der Waals surface area contributed by atoms with Gasteiger partial charge in [0.15, 0.2) is 0 Å². The van der Waals surface area contributed by atoms with Crippen LogP contribution in [-0.2, 0) is 0 Å². The molecular weight excluding hydrogens is 242 g/mol. The van der Waals surface area contributed by atoms with Crippen molar-refractivity contribution >= 4 is 0 Å². The zero-order valence-corrected chi connectivity index (χ0v) is 9.85. The third-order valence-corrected chi connectivity index (χ3v) is 2.56. The van der Waals surface area contributed by atoms with Gasteiger partial charge in [-0.15, -0.1) is 0 Å². The summed E-state index contributed by atoms with van der Waals surface area (Å²) in [6, 6.07) is 8.48. The Morgan fingerprint density at radius 3 is 2.53 bits per heavy atom. The normalized spacial score (nSPS) is 10.3. The average Bonchev–Trinajstić information content (AvgIpc) is 2.48. The number of rotatable bonds is 2. The quantitative estimate of drug-likeness (QED) is 0.698. The van der Waals surface area contributed by atoms with Gasteiger partial charge in [0.2, 0.25) is 5.89 Å². The molecule has 0 aliphatic rings. The van der Waals surface area contributed by atoms with E-state index in [2.05, 4.69) is 15.0 Å². The van der Waals surface area contributed by atoms with Crippen LogP contribution >= 0.6 is 0 Å². The molecule has 0 aromatic carbocycles. The van der Waals surface area contributed by atoms with Crippen molar-refractivity contribution in [2.24, 2.45) is 0 Å². The van der Waals surface area contributed by atoms with Gasteiger partial charge >= 0.3 is 5.63 Å². The lowest BCUT2D eigenvalue weighted by Crippen LogP contribution is -2.02. The first-order chi connectivity index (χ1) is 9.33. The van der Waals surface area contributed by atoms with Crippen molar-refractivity contribution in [1.82, 2.24) is 15.0 Å². The fourth-order valence-corrected chi connectivity index (χ4v) is 1.68. The molecule has 0 aliphatic heterocycles. The third kappa shape index (κ3) is 2.40. The fourth-order valence-electron chi connectivity index (χ4n) is 1.68. The highest BCUT2D eigenvalue weighted by Crippen LogP contribution is 2.19. The minimum Gasteiger partial charge on any atom is -0.403 e. The van der Waals surface area contributed by atoms with Crippen LogP contribution in [0.3, 0.4) is 0 Å². The number of nitrogens with zero attached hydrogens (tertiary/aromatic N) is 3. The Labute approximate surface area is 108 Å². The van der Waals surface area contributed by atoms with Gasteiger partial charge in [-0.25, -0.2) is 9.78 Å². The van der Waals surface area contributed by atoms with Crippen molar-refractivity contribution in [2.75, 3.05) is 0 Å². The van der Waals surface area contributed by atoms with Crippen molar-refractivity contribution in [3.05, 3.63) is 65.5 Å². The molecular formula is C14H9N3O2. The maximum absolute atomic E-state index is 11.6. The molecule has 0 saturated heterocycles. The predicted molar refractivity (Wildman–Crippen MR) is 69.2 cm³/mol. The molecule has 3 aromatic rings. The van der Waals surface area contributed by atoms with Crippen LogP contribution in [0.1, 0.15) is 0 Å². The molecule has 0 aliphatic carbocycles. The zero-order chi connectivity index (χ0) is 13.1. The first kappa shape index (κ1) is 11.3. The van der Waals surface area contributed by atoms with Crippen molar-refractivity contribution in [1.29, 1.82) is 0 Å². The summed E-state index contributed by atoms with van der Waals surface area (Å²) in [5.74, 6) is 0.257. The van der Waals surface area contributed by atoms with Crippen LogP contribution < -0.4 is 5.63 Å². The maximum Gasteiger partial charge on any atom is 0.339 e.